The Morgan fingerprint density at radius 1 is 1.17 bits per heavy atom. The Bertz CT molecular complexity index is 452. The number of carbonyl (C=O) groups excluding carboxylic acids is 1. The van der Waals surface area contributed by atoms with E-state index in [1.165, 1.54) is 27.0 Å². The molecule has 6 nitrogen and oxygen atoms in total. The molecule has 6 heteroatoms. The molecule has 1 N–H and O–H groups in total. The van der Waals surface area contributed by atoms with Crippen molar-refractivity contribution in [3.63, 3.8) is 0 Å². The summed E-state index contributed by atoms with van der Waals surface area (Å²) in [5, 5.41) is 8.83. The Labute approximate surface area is 104 Å². The number of benzene rings is 1. The van der Waals surface area contributed by atoms with Crippen molar-refractivity contribution < 1.29 is 29.2 Å². The molecule has 1 rings (SSSR count). The Morgan fingerprint density at radius 2 is 1.72 bits per heavy atom. The molecule has 0 spiro atoms. The molecule has 1 aromatic rings. The molecular weight excluding hydrogens is 240 g/mol. The maximum atomic E-state index is 11.5. The van der Waals surface area contributed by atoms with E-state index >= 15 is 0 Å². The van der Waals surface area contributed by atoms with E-state index in [1.807, 2.05) is 0 Å². The minimum Gasteiger partial charge on any atom is -0.493 e. The van der Waals surface area contributed by atoms with Gasteiger partial charge in [0.2, 0.25) is 5.75 Å². The van der Waals surface area contributed by atoms with Gasteiger partial charge in [-0.15, -0.1) is 0 Å². The van der Waals surface area contributed by atoms with Gasteiger partial charge in [-0.2, -0.15) is 0 Å². The summed E-state index contributed by atoms with van der Waals surface area (Å²) in [7, 11) is 1.44. The van der Waals surface area contributed by atoms with Gasteiger partial charge in [-0.25, -0.2) is 9.68 Å². The van der Waals surface area contributed by atoms with Crippen molar-refractivity contribution in [2.24, 2.45) is 5.41 Å². The maximum absolute atomic E-state index is 11.5. The van der Waals surface area contributed by atoms with Crippen molar-refractivity contribution in [2.45, 2.75) is 13.8 Å². The zero-order valence-electron chi connectivity index (χ0n) is 10.3. The summed E-state index contributed by atoms with van der Waals surface area (Å²) in [5.74, 6) is -1.73. The van der Waals surface area contributed by atoms with Crippen LogP contribution in [0.25, 0.3) is 0 Å². The van der Waals surface area contributed by atoms with Gasteiger partial charge in [0.25, 0.3) is 0 Å². The second kappa shape index (κ2) is 5.39. The van der Waals surface area contributed by atoms with Gasteiger partial charge in [-0.05, 0) is 26.0 Å². The molecule has 1 aromatic carbocycles. The molecule has 98 valence electrons. The molecular formula is C12H14O6. The van der Waals surface area contributed by atoms with Gasteiger partial charge >= 0.3 is 11.9 Å². The van der Waals surface area contributed by atoms with E-state index in [1.54, 1.807) is 18.2 Å². The highest BCUT2D eigenvalue weighted by atomic mass is 17.2. The van der Waals surface area contributed by atoms with Crippen LogP contribution in [-0.4, -0.2) is 24.2 Å². The van der Waals surface area contributed by atoms with E-state index in [-0.39, 0.29) is 5.75 Å². The molecule has 0 aliphatic rings. The van der Waals surface area contributed by atoms with Gasteiger partial charge in [0.05, 0.1) is 7.11 Å². The number of carbonyl (C=O) groups is 2. The molecule has 0 saturated heterocycles. The lowest BCUT2D eigenvalue weighted by Crippen LogP contribution is -2.35. The minimum atomic E-state index is -1.68. The van der Waals surface area contributed by atoms with E-state index in [0.29, 0.717) is 5.75 Å². The Balaban J connectivity index is 2.71. The molecule has 0 aliphatic carbocycles. The molecule has 0 aliphatic heterocycles. The van der Waals surface area contributed by atoms with E-state index < -0.39 is 17.4 Å². The molecule has 0 aromatic heterocycles. The fraction of sp³-hybridized carbons (Fsp3) is 0.333. The summed E-state index contributed by atoms with van der Waals surface area (Å²) in [6, 6.07) is 6.52. The van der Waals surface area contributed by atoms with Gasteiger partial charge in [-0.1, -0.05) is 12.1 Å². The summed E-state index contributed by atoms with van der Waals surface area (Å²) in [5.41, 5.74) is -1.68. The van der Waals surface area contributed by atoms with Crippen LogP contribution in [0.5, 0.6) is 11.5 Å². The Hall–Kier alpha value is -2.24. The molecule has 0 amide bonds. The standard InChI is InChI=1S/C12H14O6/c1-12(2,10(13)14)11(15)18-17-9-7-5-4-6-8(9)16-3/h4-7H,1-3H3,(H,13,14). The lowest BCUT2D eigenvalue weighted by molar-refractivity contribution is -0.225. The second-order valence-electron chi connectivity index (χ2n) is 4.04. The Morgan fingerprint density at radius 3 is 2.22 bits per heavy atom. The SMILES string of the molecule is COc1ccccc1OOC(=O)C(C)(C)C(=O)O. The predicted octanol–water partition coefficient (Wildman–Crippen LogP) is 1.64. The van der Waals surface area contributed by atoms with Crippen molar-refractivity contribution in [1.82, 2.24) is 0 Å². The molecule has 0 unspecified atom stereocenters. The average Bonchev–Trinajstić information content (AvgIpc) is 2.35. The summed E-state index contributed by atoms with van der Waals surface area (Å²) >= 11 is 0. The quantitative estimate of drug-likeness (QED) is 0.488. The van der Waals surface area contributed by atoms with E-state index in [0.717, 1.165) is 0 Å². The minimum absolute atomic E-state index is 0.189. The van der Waals surface area contributed by atoms with Crippen LogP contribution < -0.4 is 9.62 Å². The first-order valence-corrected chi connectivity index (χ1v) is 5.15. The van der Waals surface area contributed by atoms with Crippen molar-refractivity contribution in [3.05, 3.63) is 24.3 Å². The van der Waals surface area contributed by atoms with Crippen LogP contribution in [0.1, 0.15) is 13.8 Å². The number of hydrogen-bond donors (Lipinski definition) is 1. The second-order valence-corrected chi connectivity index (χ2v) is 4.04. The van der Waals surface area contributed by atoms with Crippen LogP contribution in [0.3, 0.4) is 0 Å². The fourth-order valence-corrected chi connectivity index (χ4v) is 0.962. The highest BCUT2D eigenvalue weighted by molar-refractivity contribution is 5.97. The largest absolute Gasteiger partial charge is 0.493 e. The van der Waals surface area contributed by atoms with Crippen LogP contribution in [-0.2, 0) is 14.5 Å². The summed E-state index contributed by atoms with van der Waals surface area (Å²) < 4.78 is 4.98. The molecule has 0 saturated carbocycles. The van der Waals surface area contributed by atoms with Crippen molar-refractivity contribution in [3.8, 4) is 11.5 Å². The number of ether oxygens (including phenoxy) is 1. The number of rotatable bonds is 5. The van der Waals surface area contributed by atoms with Crippen LogP contribution in [0.2, 0.25) is 0 Å². The molecule has 18 heavy (non-hydrogen) atoms. The summed E-state index contributed by atoms with van der Waals surface area (Å²) in [6.07, 6.45) is 0. The normalized spacial score (nSPS) is 10.6. The van der Waals surface area contributed by atoms with Crippen molar-refractivity contribution in [1.29, 1.82) is 0 Å². The number of methoxy groups -OCH3 is 1. The fourth-order valence-electron chi connectivity index (χ4n) is 0.962. The van der Waals surface area contributed by atoms with Gasteiger partial charge in [0, 0.05) is 0 Å². The van der Waals surface area contributed by atoms with Crippen molar-refractivity contribution in [2.75, 3.05) is 7.11 Å². The average molecular weight is 254 g/mol. The number of aliphatic carboxylic acids is 1. The maximum Gasteiger partial charge on any atom is 0.372 e. The molecule has 0 radical (unpaired) electrons. The van der Waals surface area contributed by atoms with E-state index in [2.05, 4.69) is 4.89 Å². The number of hydrogen-bond acceptors (Lipinski definition) is 5. The number of carboxylic acids is 1. The smallest absolute Gasteiger partial charge is 0.372 e. The third kappa shape index (κ3) is 2.91. The number of carboxylic acid groups (broad SMARTS) is 1. The Kier molecular flexibility index (Phi) is 4.14. The van der Waals surface area contributed by atoms with Crippen LogP contribution in [0, 0.1) is 5.41 Å². The van der Waals surface area contributed by atoms with Crippen LogP contribution in [0.15, 0.2) is 24.3 Å². The van der Waals surface area contributed by atoms with Crippen LogP contribution in [0.4, 0.5) is 0 Å². The molecule has 0 heterocycles. The number of para-hydroxylation sites is 2. The first kappa shape index (κ1) is 13.8. The van der Waals surface area contributed by atoms with Gasteiger partial charge < -0.3 is 9.84 Å². The lowest BCUT2D eigenvalue weighted by atomic mass is 9.94. The topological polar surface area (TPSA) is 82.1 Å². The first-order valence-electron chi connectivity index (χ1n) is 5.15. The zero-order valence-corrected chi connectivity index (χ0v) is 10.3. The van der Waals surface area contributed by atoms with E-state index in [4.69, 9.17) is 14.7 Å². The highest BCUT2D eigenvalue weighted by Crippen LogP contribution is 2.27. The lowest BCUT2D eigenvalue weighted by Gasteiger charge is -2.16. The zero-order chi connectivity index (χ0) is 13.8. The van der Waals surface area contributed by atoms with E-state index in [9.17, 15) is 9.59 Å². The molecule has 0 atom stereocenters. The van der Waals surface area contributed by atoms with Gasteiger partial charge in [0.1, 0.15) is 0 Å². The predicted molar refractivity (Wildman–Crippen MR) is 61.1 cm³/mol. The monoisotopic (exact) mass is 254 g/mol. The van der Waals surface area contributed by atoms with Gasteiger partial charge in [0.15, 0.2) is 11.2 Å². The third-order valence-electron chi connectivity index (χ3n) is 2.32. The van der Waals surface area contributed by atoms with Crippen molar-refractivity contribution >= 4 is 11.9 Å². The highest BCUT2D eigenvalue weighted by Gasteiger charge is 2.39. The molecule has 0 bridgehead atoms. The van der Waals surface area contributed by atoms with Gasteiger partial charge in [-0.3, -0.25) is 9.68 Å². The third-order valence-corrected chi connectivity index (χ3v) is 2.32. The summed E-state index contributed by atoms with van der Waals surface area (Å²) in [4.78, 5) is 31.6. The summed E-state index contributed by atoms with van der Waals surface area (Å²) in [6.45, 7) is 2.45. The van der Waals surface area contributed by atoms with Crippen LogP contribution >= 0.6 is 0 Å². The first-order chi connectivity index (χ1) is 8.39. The molecule has 0 fully saturated rings.